The number of carbonyl (C=O) groups excluding carboxylic acids is 1. The van der Waals surface area contributed by atoms with Crippen LogP contribution in [0.2, 0.25) is 0 Å². The summed E-state index contributed by atoms with van der Waals surface area (Å²) in [6, 6.07) is 23.7. The Bertz CT molecular complexity index is 1160. The topological polar surface area (TPSA) is 66.5 Å². The summed E-state index contributed by atoms with van der Waals surface area (Å²) in [6.45, 7) is 2.44. The molecule has 1 N–H and O–H groups in total. The number of nitrogens with zero attached hydrogens (tertiary/aromatic N) is 1. The van der Waals surface area contributed by atoms with Gasteiger partial charge in [-0.1, -0.05) is 55.5 Å². The first-order chi connectivity index (χ1) is 15.0. The molecular weight excluding hydrogens is 408 g/mol. The fraction of sp³-hybridized carbons (Fsp3) is 0.240. The molecule has 1 aliphatic heterocycles. The van der Waals surface area contributed by atoms with Gasteiger partial charge in [-0.05, 0) is 60.7 Å². The van der Waals surface area contributed by atoms with Gasteiger partial charge in [0, 0.05) is 12.2 Å². The van der Waals surface area contributed by atoms with Crippen molar-refractivity contribution in [1.82, 2.24) is 0 Å². The third kappa shape index (κ3) is 4.35. The van der Waals surface area contributed by atoms with Crippen molar-refractivity contribution in [2.45, 2.75) is 37.0 Å². The Hall–Kier alpha value is -3.12. The number of benzene rings is 3. The molecule has 160 valence electrons. The average molecular weight is 435 g/mol. The SMILES string of the molecule is CCC(C(=O)Nc1ccc2c(c1)CCCN2S(=O)(=O)c1ccccc1)c1ccccc1. The first-order valence-corrected chi connectivity index (χ1v) is 12.0. The van der Waals surface area contributed by atoms with E-state index >= 15 is 0 Å². The number of sulfonamides is 1. The second-order valence-electron chi connectivity index (χ2n) is 7.70. The second kappa shape index (κ2) is 8.94. The number of aryl methyl sites for hydroxylation is 1. The standard InChI is InChI=1S/C25H26N2O3S/c1-2-23(19-10-5-3-6-11-19)25(28)26-21-15-16-24-20(18-21)12-9-17-27(24)31(29,30)22-13-7-4-8-14-22/h3-8,10-11,13-16,18,23H,2,9,12,17H2,1H3,(H,26,28). The highest BCUT2D eigenvalue weighted by atomic mass is 32.2. The predicted octanol–water partition coefficient (Wildman–Crippen LogP) is 4.96. The van der Waals surface area contributed by atoms with Crippen LogP contribution >= 0.6 is 0 Å². The minimum Gasteiger partial charge on any atom is -0.326 e. The van der Waals surface area contributed by atoms with E-state index in [9.17, 15) is 13.2 Å². The summed E-state index contributed by atoms with van der Waals surface area (Å²) >= 11 is 0. The summed E-state index contributed by atoms with van der Waals surface area (Å²) < 4.78 is 27.8. The Labute approximate surface area is 183 Å². The van der Waals surface area contributed by atoms with Crippen molar-refractivity contribution in [3.8, 4) is 0 Å². The molecule has 1 unspecified atom stereocenters. The lowest BCUT2D eigenvalue weighted by atomic mass is 9.95. The number of amides is 1. The number of hydrogen-bond acceptors (Lipinski definition) is 3. The Balaban J connectivity index is 1.58. The average Bonchev–Trinajstić information content (AvgIpc) is 2.80. The molecular formula is C25H26N2O3S. The summed E-state index contributed by atoms with van der Waals surface area (Å²) in [5.41, 5.74) is 3.29. The highest BCUT2D eigenvalue weighted by Gasteiger charge is 2.29. The molecule has 0 bridgehead atoms. The predicted molar refractivity (Wildman–Crippen MR) is 124 cm³/mol. The van der Waals surface area contributed by atoms with E-state index in [2.05, 4.69) is 5.32 Å². The monoisotopic (exact) mass is 434 g/mol. The van der Waals surface area contributed by atoms with Crippen LogP contribution in [0.3, 0.4) is 0 Å². The molecule has 5 nitrogen and oxygen atoms in total. The first-order valence-electron chi connectivity index (χ1n) is 10.6. The molecule has 0 fully saturated rings. The largest absolute Gasteiger partial charge is 0.326 e. The van der Waals surface area contributed by atoms with Crippen molar-refractivity contribution < 1.29 is 13.2 Å². The van der Waals surface area contributed by atoms with Gasteiger partial charge in [0.25, 0.3) is 10.0 Å². The fourth-order valence-corrected chi connectivity index (χ4v) is 5.66. The van der Waals surface area contributed by atoms with Gasteiger partial charge in [0.1, 0.15) is 0 Å². The minimum atomic E-state index is -3.62. The zero-order valence-corrected chi connectivity index (χ0v) is 18.3. The molecule has 0 spiro atoms. The summed E-state index contributed by atoms with van der Waals surface area (Å²) in [6.07, 6.45) is 2.21. The Morgan fingerprint density at radius 2 is 1.68 bits per heavy atom. The van der Waals surface area contributed by atoms with Gasteiger partial charge in [0.15, 0.2) is 0 Å². The molecule has 1 atom stereocenters. The van der Waals surface area contributed by atoms with Crippen molar-refractivity contribution in [1.29, 1.82) is 0 Å². The number of rotatable bonds is 6. The molecule has 31 heavy (non-hydrogen) atoms. The van der Waals surface area contributed by atoms with E-state index in [-0.39, 0.29) is 16.7 Å². The highest BCUT2D eigenvalue weighted by Crippen LogP contribution is 2.34. The van der Waals surface area contributed by atoms with Gasteiger partial charge in [-0.3, -0.25) is 9.10 Å². The Kier molecular flexibility index (Phi) is 6.09. The molecule has 0 saturated carbocycles. The van der Waals surface area contributed by atoms with Crippen LogP contribution in [0.25, 0.3) is 0 Å². The van der Waals surface area contributed by atoms with Crippen LogP contribution in [-0.2, 0) is 21.2 Å². The fourth-order valence-electron chi connectivity index (χ4n) is 4.10. The van der Waals surface area contributed by atoms with Gasteiger partial charge in [-0.25, -0.2) is 8.42 Å². The molecule has 0 radical (unpaired) electrons. The zero-order chi connectivity index (χ0) is 21.8. The molecule has 3 aromatic rings. The van der Waals surface area contributed by atoms with Crippen molar-refractivity contribution in [3.05, 3.63) is 90.0 Å². The van der Waals surface area contributed by atoms with Crippen LogP contribution < -0.4 is 9.62 Å². The van der Waals surface area contributed by atoms with Crippen molar-refractivity contribution in [2.75, 3.05) is 16.2 Å². The van der Waals surface area contributed by atoms with Crippen molar-refractivity contribution >= 4 is 27.3 Å². The molecule has 4 rings (SSSR count). The number of fused-ring (bicyclic) bond motifs is 1. The quantitative estimate of drug-likeness (QED) is 0.596. The lowest BCUT2D eigenvalue weighted by molar-refractivity contribution is -0.117. The second-order valence-corrected chi connectivity index (χ2v) is 9.56. The minimum absolute atomic E-state index is 0.0572. The van der Waals surface area contributed by atoms with E-state index in [0.29, 0.717) is 24.3 Å². The molecule has 0 aromatic heterocycles. The van der Waals surface area contributed by atoms with Crippen LogP contribution in [-0.4, -0.2) is 20.9 Å². The van der Waals surface area contributed by atoms with Crippen LogP contribution in [0, 0.1) is 0 Å². The van der Waals surface area contributed by atoms with E-state index in [0.717, 1.165) is 24.0 Å². The van der Waals surface area contributed by atoms with E-state index in [1.165, 1.54) is 4.31 Å². The summed E-state index contributed by atoms with van der Waals surface area (Å²) in [5, 5.41) is 3.02. The maximum absolute atomic E-state index is 13.2. The van der Waals surface area contributed by atoms with Crippen molar-refractivity contribution in [2.24, 2.45) is 0 Å². The Morgan fingerprint density at radius 3 is 2.35 bits per heavy atom. The molecule has 1 heterocycles. The van der Waals surface area contributed by atoms with Crippen molar-refractivity contribution in [3.63, 3.8) is 0 Å². The van der Waals surface area contributed by atoms with Gasteiger partial charge in [0.05, 0.1) is 16.5 Å². The Morgan fingerprint density at radius 1 is 1.00 bits per heavy atom. The van der Waals surface area contributed by atoms with Gasteiger partial charge >= 0.3 is 0 Å². The molecule has 0 aliphatic carbocycles. The van der Waals surface area contributed by atoms with Gasteiger partial charge < -0.3 is 5.32 Å². The van der Waals surface area contributed by atoms with Crippen LogP contribution in [0.15, 0.2) is 83.8 Å². The summed E-state index contributed by atoms with van der Waals surface area (Å²) in [4.78, 5) is 13.2. The van der Waals surface area contributed by atoms with E-state index in [1.807, 2.05) is 43.3 Å². The summed E-state index contributed by atoms with van der Waals surface area (Å²) in [7, 11) is -3.62. The number of anilines is 2. The smallest absolute Gasteiger partial charge is 0.264 e. The van der Waals surface area contributed by atoms with Crippen LogP contribution in [0.4, 0.5) is 11.4 Å². The van der Waals surface area contributed by atoms with E-state index < -0.39 is 10.0 Å². The van der Waals surface area contributed by atoms with Crippen LogP contribution in [0.5, 0.6) is 0 Å². The number of nitrogens with one attached hydrogen (secondary N) is 1. The third-order valence-corrected chi connectivity index (χ3v) is 7.51. The molecule has 3 aromatic carbocycles. The lowest BCUT2D eigenvalue weighted by Gasteiger charge is -2.31. The normalized spacial score (nSPS) is 14.5. The van der Waals surface area contributed by atoms with Crippen LogP contribution in [0.1, 0.15) is 36.8 Å². The molecule has 6 heteroatoms. The zero-order valence-electron chi connectivity index (χ0n) is 17.5. The summed E-state index contributed by atoms with van der Waals surface area (Å²) in [5.74, 6) is -0.287. The molecule has 0 saturated heterocycles. The number of carbonyl (C=O) groups is 1. The lowest BCUT2D eigenvalue weighted by Crippen LogP contribution is -2.35. The van der Waals surface area contributed by atoms with E-state index in [4.69, 9.17) is 0 Å². The molecule has 1 aliphatic rings. The molecule has 1 amide bonds. The van der Waals surface area contributed by atoms with Gasteiger partial charge in [-0.2, -0.15) is 0 Å². The van der Waals surface area contributed by atoms with Gasteiger partial charge in [-0.15, -0.1) is 0 Å². The first kappa shape index (κ1) is 21.1. The maximum atomic E-state index is 13.2. The maximum Gasteiger partial charge on any atom is 0.264 e. The number of hydrogen-bond donors (Lipinski definition) is 1. The highest BCUT2D eigenvalue weighted by molar-refractivity contribution is 7.92. The van der Waals surface area contributed by atoms with E-state index in [1.54, 1.807) is 42.5 Å². The van der Waals surface area contributed by atoms with Gasteiger partial charge in [0.2, 0.25) is 5.91 Å². The third-order valence-electron chi connectivity index (χ3n) is 5.68.